The maximum atomic E-state index is 12.6. The van der Waals surface area contributed by atoms with Crippen LogP contribution >= 0.6 is 0 Å². The molecule has 1 fully saturated rings. The summed E-state index contributed by atoms with van der Waals surface area (Å²) >= 11 is 0. The van der Waals surface area contributed by atoms with Crippen molar-refractivity contribution in [3.8, 4) is 0 Å². The van der Waals surface area contributed by atoms with Crippen LogP contribution in [-0.2, 0) is 13.5 Å². The largest absolute Gasteiger partial charge is 0.369 e. The smallest absolute Gasteiger partial charge is 0.261 e. The van der Waals surface area contributed by atoms with Gasteiger partial charge >= 0.3 is 0 Å². The van der Waals surface area contributed by atoms with Crippen molar-refractivity contribution in [3.05, 3.63) is 53.1 Å². The van der Waals surface area contributed by atoms with Gasteiger partial charge in [-0.25, -0.2) is 9.97 Å². The van der Waals surface area contributed by atoms with Crippen LogP contribution in [0, 0.1) is 0 Å². The fourth-order valence-corrected chi connectivity index (χ4v) is 3.82. The van der Waals surface area contributed by atoms with E-state index >= 15 is 0 Å². The molecular weight excluding hydrogens is 352 g/mol. The molecule has 0 spiro atoms. The predicted molar refractivity (Wildman–Crippen MR) is 112 cm³/mol. The lowest BCUT2D eigenvalue weighted by Crippen LogP contribution is -2.47. The number of imidazole rings is 1. The monoisotopic (exact) mass is 380 g/mol. The number of anilines is 1. The third kappa shape index (κ3) is 3.67. The Morgan fingerprint density at radius 1 is 1.11 bits per heavy atom. The van der Waals surface area contributed by atoms with Gasteiger partial charge < -0.3 is 9.47 Å². The zero-order valence-electron chi connectivity index (χ0n) is 16.9. The van der Waals surface area contributed by atoms with Gasteiger partial charge in [0.25, 0.3) is 5.56 Å². The van der Waals surface area contributed by atoms with Crippen LogP contribution in [0.1, 0.15) is 25.6 Å². The van der Waals surface area contributed by atoms with Crippen LogP contribution in [0.4, 0.5) is 5.69 Å². The van der Waals surface area contributed by atoms with Gasteiger partial charge in [-0.2, -0.15) is 0 Å². The third-order valence-corrected chi connectivity index (χ3v) is 5.66. The molecule has 7 heteroatoms. The molecule has 0 atom stereocenters. The van der Waals surface area contributed by atoms with Crippen LogP contribution in [0.2, 0.25) is 0 Å². The molecule has 3 heterocycles. The van der Waals surface area contributed by atoms with Crippen molar-refractivity contribution in [1.82, 2.24) is 24.0 Å². The van der Waals surface area contributed by atoms with Crippen molar-refractivity contribution in [2.45, 2.75) is 26.3 Å². The molecule has 1 aromatic carbocycles. The van der Waals surface area contributed by atoms with Crippen molar-refractivity contribution in [3.63, 3.8) is 0 Å². The van der Waals surface area contributed by atoms with E-state index in [1.807, 2.05) is 45.6 Å². The first-order chi connectivity index (χ1) is 13.5. The molecule has 0 N–H and O–H groups in total. The van der Waals surface area contributed by atoms with Crippen LogP contribution in [0.15, 0.2) is 41.8 Å². The van der Waals surface area contributed by atoms with Crippen LogP contribution in [0.5, 0.6) is 0 Å². The van der Waals surface area contributed by atoms with E-state index < -0.39 is 0 Å². The van der Waals surface area contributed by atoms with Crippen LogP contribution < -0.4 is 10.5 Å². The van der Waals surface area contributed by atoms with Gasteiger partial charge in [0.15, 0.2) is 0 Å². The zero-order valence-corrected chi connectivity index (χ0v) is 16.9. The molecule has 0 aliphatic carbocycles. The molecule has 1 aliphatic heterocycles. The summed E-state index contributed by atoms with van der Waals surface area (Å²) in [6.07, 6.45) is 6.50. The van der Waals surface area contributed by atoms with E-state index in [2.05, 4.69) is 30.4 Å². The molecule has 28 heavy (non-hydrogen) atoms. The van der Waals surface area contributed by atoms with E-state index in [4.69, 9.17) is 0 Å². The minimum atomic E-state index is 0.0338. The van der Waals surface area contributed by atoms with E-state index in [9.17, 15) is 4.79 Å². The second kappa shape index (κ2) is 7.75. The topological polar surface area (TPSA) is 59.2 Å². The number of hydrogen-bond acceptors (Lipinski definition) is 5. The van der Waals surface area contributed by atoms with Crippen LogP contribution in [0.3, 0.4) is 0 Å². The van der Waals surface area contributed by atoms with Crippen molar-refractivity contribution < 1.29 is 0 Å². The van der Waals surface area contributed by atoms with E-state index in [1.165, 1.54) is 5.69 Å². The molecule has 148 valence electrons. The van der Waals surface area contributed by atoms with Gasteiger partial charge in [0, 0.05) is 69.8 Å². The number of rotatable bonds is 5. The van der Waals surface area contributed by atoms with E-state index in [-0.39, 0.29) is 11.6 Å². The summed E-state index contributed by atoms with van der Waals surface area (Å²) < 4.78 is 3.77. The quantitative estimate of drug-likeness (QED) is 0.678. The second-order valence-corrected chi connectivity index (χ2v) is 7.83. The Balaban J connectivity index is 1.41. The first kappa shape index (κ1) is 18.7. The van der Waals surface area contributed by atoms with Gasteiger partial charge in [-0.1, -0.05) is 0 Å². The lowest BCUT2D eigenvalue weighted by atomic mass is 10.2. The maximum absolute atomic E-state index is 12.6. The van der Waals surface area contributed by atoms with E-state index in [0.29, 0.717) is 5.39 Å². The fourth-order valence-electron chi connectivity index (χ4n) is 3.82. The summed E-state index contributed by atoms with van der Waals surface area (Å²) in [5.74, 6) is 0. The Kier molecular flexibility index (Phi) is 5.17. The number of piperazine rings is 1. The summed E-state index contributed by atoms with van der Waals surface area (Å²) in [6, 6.07) is 6.14. The van der Waals surface area contributed by atoms with Gasteiger partial charge in [0.05, 0.1) is 23.6 Å². The summed E-state index contributed by atoms with van der Waals surface area (Å²) in [5.41, 5.74) is 3.23. The molecule has 0 saturated carbocycles. The zero-order chi connectivity index (χ0) is 19.7. The Labute approximate surface area is 165 Å². The van der Waals surface area contributed by atoms with Gasteiger partial charge in [-0.05, 0) is 32.0 Å². The van der Waals surface area contributed by atoms with Gasteiger partial charge in [0.2, 0.25) is 0 Å². The molecular formula is C21H28N6O. The number of aryl methyl sites for hydroxylation is 1. The highest BCUT2D eigenvalue weighted by Crippen LogP contribution is 2.21. The molecule has 0 amide bonds. The van der Waals surface area contributed by atoms with Crippen molar-refractivity contribution in [2.75, 3.05) is 37.6 Å². The highest BCUT2D eigenvalue weighted by molar-refractivity contribution is 5.81. The number of hydrogen-bond donors (Lipinski definition) is 0. The highest BCUT2D eigenvalue weighted by atomic mass is 16.1. The average Bonchev–Trinajstić information content (AvgIpc) is 3.11. The summed E-state index contributed by atoms with van der Waals surface area (Å²) in [7, 11) is 2.05. The van der Waals surface area contributed by atoms with Gasteiger partial charge in [-0.3, -0.25) is 14.3 Å². The fraction of sp³-hybridized carbons (Fsp3) is 0.476. The van der Waals surface area contributed by atoms with Crippen LogP contribution in [-0.4, -0.2) is 56.7 Å². The van der Waals surface area contributed by atoms with E-state index in [1.54, 1.807) is 10.9 Å². The molecule has 1 saturated heterocycles. The normalized spacial score (nSPS) is 15.6. The molecule has 2 aromatic heterocycles. The minimum Gasteiger partial charge on any atom is -0.369 e. The molecule has 0 radical (unpaired) electrons. The van der Waals surface area contributed by atoms with Gasteiger partial charge in [0.1, 0.15) is 0 Å². The van der Waals surface area contributed by atoms with E-state index in [0.717, 1.165) is 50.3 Å². The lowest BCUT2D eigenvalue weighted by molar-refractivity contribution is 0.259. The Morgan fingerprint density at radius 3 is 2.57 bits per heavy atom. The second-order valence-electron chi connectivity index (χ2n) is 7.83. The Hall–Kier alpha value is -2.67. The summed E-state index contributed by atoms with van der Waals surface area (Å²) in [4.78, 5) is 26.2. The average molecular weight is 380 g/mol. The highest BCUT2D eigenvalue weighted by Gasteiger charge is 2.18. The minimum absolute atomic E-state index is 0.0338. The van der Waals surface area contributed by atoms with Crippen molar-refractivity contribution in [2.24, 2.45) is 7.05 Å². The van der Waals surface area contributed by atoms with Crippen molar-refractivity contribution >= 4 is 16.6 Å². The van der Waals surface area contributed by atoms with Crippen molar-refractivity contribution in [1.29, 1.82) is 0 Å². The SMILES string of the molecule is CC(C)n1cnc2cc(N3CCN(CCc4cncn4C)CC3)ccc2c1=O. The number of fused-ring (bicyclic) bond motifs is 1. The third-order valence-electron chi connectivity index (χ3n) is 5.66. The first-order valence-corrected chi connectivity index (χ1v) is 9.96. The summed E-state index contributed by atoms with van der Waals surface area (Å²) in [6.45, 7) is 9.10. The standard InChI is InChI=1S/C21H28N6O/c1-16(2)27-15-23-20-12-17(4-5-19(20)21(27)28)26-10-8-25(9-11-26)7-6-18-13-22-14-24(18)3/h4-5,12-16H,6-11H2,1-3H3. The molecule has 1 aliphatic rings. The number of benzene rings is 1. The van der Waals surface area contributed by atoms with Crippen LogP contribution in [0.25, 0.3) is 10.9 Å². The lowest BCUT2D eigenvalue weighted by Gasteiger charge is -2.36. The molecule has 0 unspecified atom stereocenters. The van der Waals surface area contributed by atoms with Gasteiger partial charge in [-0.15, -0.1) is 0 Å². The number of nitrogens with zero attached hydrogens (tertiary/aromatic N) is 6. The molecule has 7 nitrogen and oxygen atoms in total. The first-order valence-electron chi connectivity index (χ1n) is 9.96. The maximum Gasteiger partial charge on any atom is 0.261 e. The predicted octanol–water partition coefficient (Wildman–Crippen LogP) is 2.08. The summed E-state index contributed by atoms with van der Waals surface area (Å²) in [5, 5.41) is 0.690. The molecule has 3 aromatic rings. The number of aromatic nitrogens is 4. The Bertz CT molecular complexity index is 1010. The molecule has 4 rings (SSSR count). The molecule has 0 bridgehead atoms. The Morgan fingerprint density at radius 2 is 1.89 bits per heavy atom.